The van der Waals surface area contributed by atoms with Crippen LogP contribution in [-0.4, -0.2) is 0 Å². The summed E-state index contributed by atoms with van der Waals surface area (Å²) < 4.78 is 0. The predicted octanol–water partition coefficient (Wildman–Crippen LogP) is 13.5. The Bertz CT molecular complexity index is 2760. The number of fused-ring (bicyclic) bond motifs is 4. The lowest BCUT2D eigenvalue weighted by Crippen LogP contribution is -2.15. The summed E-state index contributed by atoms with van der Waals surface area (Å²) >= 11 is 0. The first-order chi connectivity index (χ1) is 24.0. The second-order valence-corrected chi connectivity index (χ2v) is 14.2. The average Bonchev–Trinajstić information content (AvgIpc) is 3.38. The first-order valence-corrected chi connectivity index (χ1v) is 17.2. The van der Waals surface area contributed by atoms with Gasteiger partial charge in [0, 0.05) is 5.41 Å². The molecule has 49 heavy (non-hydrogen) atoms. The number of rotatable bonds is 4. The second kappa shape index (κ2) is 10.5. The van der Waals surface area contributed by atoms with Gasteiger partial charge in [-0.3, -0.25) is 0 Å². The quantitative estimate of drug-likeness (QED) is 0.135. The van der Waals surface area contributed by atoms with Gasteiger partial charge in [-0.25, -0.2) is 0 Å². The topological polar surface area (TPSA) is 0 Å². The van der Waals surface area contributed by atoms with Gasteiger partial charge in [-0.1, -0.05) is 166 Å². The van der Waals surface area contributed by atoms with Crippen molar-refractivity contribution in [2.75, 3.05) is 0 Å². The van der Waals surface area contributed by atoms with Crippen LogP contribution in [-0.2, 0) is 5.41 Å². The molecule has 0 heteroatoms. The Kier molecular flexibility index (Phi) is 6.02. The van der Waals surface area contributed by atoms with Crippen LogP contribution in [0, 0.1) is 0 Å². The molecule has 0 amide bonds. The third-order valence-corrected chi connectivity index (χ3v) is 11.0. The van der Waals surface area contributed by atoms with Crippen molar-refractivity contribution in [3.63, 3.8) is 0 Å². The lowest BCUT2D eigenvalue weighted by Gasteiger charge is -2.22. The fourth-order valence-corrected chi connectivity index (χ4v) is 8.34. The molecule has 10 rings (SSSR count). The van der Waals surface area contributed by atoms with E-state index in [0.717, 1.165) is 0 Å². The Morgan fingerprint density at radius 3 is 1.65 bits per heavy atom. The van der Waals surface area contributed by atoms with E-state index in [2.05, 4.69) is 184 Å². The summed E-state index contributed by atoms with van der Waals surface area (Å²) in [6, 6.07) is 58.6. The molecular weight excluding hydrogens is 589 g/mol. The van der Waals surface area contributed by atoms with Gasteiger partial charge in [0.05, 0.1) is 0 Å². The molecular formula is C49H34. The van der Waals surface area contributed by atoms with Crippen LogP contribution < -0.4 is 0 Å². The normalized spacial score (nSPS) is 13.6. The zero-order chi connectivity index (χ0) is 32.7. The lowest BCUT2D eigenvalue weighted by molar-refractivity contribution is 0.661. The molecule has 0 N–H and O–H groups in total. The van der Waals surface area contributed by atoms with Crippen molar-refractivity contribution in [3.8, 4) is 33.4 Å². The Labute approximate surface area is 286 Å². The van der Waals surface area contributed by atoms with E-state index in [1.54, 1.807) is 0 Å². The van der Waals surface area contributed by atoms with Crippen LogP contribution in [0.25, 0.3) is 88.6 Å². The Hall–Kier alpha value is -5.98. The molecule has 0 heterocycles. The van der Waals surface area contributed by atoms with Crippen LogP contribution in [0.5, 0.6) is 0 Å². The number of hydrogen-bond donors (Lipinski definition) is 0. The van der Waals surface area contributed by atoms with Crippen LogP contribution in [0.4, 0.5) is 0 Å². The van der Waals surface area contributed by atoms with E-state index in [-0.39, 0.29) is 5.41 Å². The highest BCUT2D eigenvalue weighted by molar-refractivity contribution is 6.24. The van der Waals surface area contributed by atoms with Crippen molar-refractivity contribution in [2.24, 2.45) is 0 Å². The summed E-state index contributed by atoms with van der Waals surface area (Å²) in [5.74, 6) is 0. The van der Waals surface area contributed by atoms with Crippen LogP contribution >= 0.6 is 0 Å². The fraction of sp³-hybridized carbons (Fsp3) is 0.0612. The third kappa shape index (κ3) is 4.38. The minimum atomic E-state index is -0.0864. The maximum Gasteiger partial charge on any atom is 0.0159 e. The molecule has 0 aliphatic heterocycles. The molecule has 230 valence electrons. The van der Waals surface area contributed by atoms with Crippen molar-refractivity contribution < 1.29 is 0 Å². The molecule has 0 unspecified atom stereocenters. The second-order valence-electron chi connectivity index (χ2n) is 14.2. The van der Waals surface area contributed by atoms with E-state index in [1.807, 2.05) is 0 Å². The third-order valence-electron chi connectivity index (χ3n) is 11.0. The van der Waals surface area contributed by atoms with Gasteiger partial charge in [-0.15, -0.1) is 0 Å². The van der Waals surface area contributed by atoms with Gasteiger partial charge in [-0.05, 0) is 117 Å². The van der Waals surface area contributed by atoms with Gasteiger partial charge in [0.2, 0.25) is 0 Å². The maximum atomic E-state index is 2.42. The summed E-state index contributed by atoms with van der Waals surface area (Å²) in [6.07, 6.45) is 4.51. The van der Waals surface area contributed by atoms with E-state index in [9.17, 15) is 0 Å². The van der Waals surface area contributed by atoms with Gasteiger partial charge in [0.1, 0.15) is 0 Å². The van der Waals surface area contributed by atoms with E-state index in [1.165, 1.54) is 98.7 Å². The molecule has 9 aromatic rings. The van der Waals surface area contributed by atoms with Gasteiger partial charge in [0.25, 0.3) is 0 Å². The van der Waals surface area contributed by atoms with Gasteiger partial charge in [0.15, 0.2) is 0 Å². The van der Waals surface area contributed by atoms with Crippen molar-refractivity contribution >= 4 is 55.2 Å². The van der Waals surface area contributed by atoms with Crippen LogP contribution in [0.3, 0.4) is 0 Å². The molecule has 1 aliphatic carbocycles. The highest BCUT2D eigenvalue weighted by Crippen LogP contribution is 2.50. The number of hydrogen-bond acceptors (Lipinski definition) is 0. The van der Waals surface area contributed by atoms with Gasteiger partial charge in [-0.2, -0.15) is 0 Å². The van der Waals surface area contributed by atoms with Crippen LogP contribution in [0.2, 0.25) is 0 Å². The standard InChI is InChI=1S/C49H34/c1-49(2)45-29-40(23-26-43(45)44-27-24-41(30-46(44)49)39-21-16-32-6-3-4-7-38(32)28-39)33-13-10-31(11-14-33)12-15-34-17-18-37-20-19-35-8-5-9-36-22-25-42(34)48(37)47(35)36/h3-30H,1-2H3. The van der Waals surface area contributed by atoms with Crippen molar-refractivity contribution in [1.82, 2.24) is 0 Å². The fourth-order valence-electron chi connectivity index (χ4n) is 8.34. The SMILES string of the molecule is CC1(C)c2cc(-c3ccc(C=Cc4ccc5ccc6cccc7ccc4c5c67)cc3)ccc2-c2ccc(-c3ccc4ccccc4c3)cc21. The average molecular weight is 623 g/mol. The maximum absolute atomic E-state index is 2.42. The number of benzene rings is 9. The Balaban J connectivity index is 0.948. The zero-order valence-electron chi connectivity index (χ0n) is 27.7. The highest BCUT2D eigenvalue weighted by Gasteiger charge is 2.35. The van der Waals surface area contributed by atoms with E-state index < -0.39 is 0 Å². The smallest absolute Gasteiger partial charge is 0.0159 e. The Morgan fingerprint density at radius 1 is 0.388 bits per heavy atom. The summed E-state index contributed by atoms with van der Waals surface area (Å²) in [5.41, 5.74) is 12.9. The summed E-state index contributed by atoms with van der Waals surface area (Å²) in [4.78, 5) is 0. The molecule has 0 nitrogen and oxygen atoms in total. The van der Waals surface area contributed by atoms with Crippen molar-refractivity contribution in [1.29, 1.82) is 0 Å². The summed E-state index contributed by atoms with van der Waals surface area (Å²) in [5, 5.41) is 10.5. The zero-order valence-corrected chi connectivity index (χ0v) is 27.7. The monoisotopic (exact) mass is 622 g/mol. The largest absolute Gasteiger partial charge is 0.0616 e. The molecule has 9 aromatic carbocycles. The molecule has 1 aliphatic rings. The van der Waals surface area contributed by atoms with Crippen LogP contribution in [0.15, 0.2) is 158 Å². The first kappa shape index (κ1) is 28.1. The summed E-state index contributed by atoms with van der Waals surface area (Å²) in [6.45, 7) is 4.75. The predicted molar refractivity (Wildman–Crippen MR) is 211 cm³/mol. The molecule has 0 fully saturated rings. The molecule has 0 radical (unpaired) electrons. The van der Waals surface area contributed by atoms with Crippen molar-refractivity contribution in [3.05, 3.63) is 180 Å². The van der Waals surface area contributed by atoms with Crippen molar-refractivity contribution in [2.45, 2.75) is 19.3 Å². The van der Waals surface area contributed by atoms with Gasteiger partial charge < -0.3 is 0 Å². The molecule has 0 atom stereocenters. The van der Waals surface area contributed by atoms with E-state index >= 15 is 0 Å². The molecule has 0 saturated heterocycles. The summed E-state index contributed by atoms with van der Waals surface area (Å²) in [7, 11) is 0. The molecule has 0 spiro atoms. The molecule has 0 bridgehead atoms. The molecule has 0 saturated carbocycles. The molecule has 0 aromatic heterocycles. The van der Waals surface area contributed by atoms with Crippen LogP contribution in [0.1, 0.15) is 36.1 Å². The van der Waals surface area contributed by atoms with E-state index in [0.29, 0.717) is 0 Å². The minimum absolute atomic E-state index is 0.0864. The van der Waals surface area contributed by atoms with E-state index in [4.69, 9.17) is 0 Å². The lowest BCUT2D eigenvalue weighted by atomic mass is 9.80. The van der Waals surface area contributed by atoms with Gasteiger partial charge >= 0.3 is 0 Å². The minimum Gasteiger partial charge on any atom is -0.0616 e. The highest BCUT2D eigenvalue weighted by atomic mass is 14.4. The first-order valence-electron chi connectivity index (χ1n) is 17.2. The Morgan fingerprint density at radius 2 is 0.918 bits per heavy atom.